The lowest BCUT2D eigenvalue weighted by atomic mass is 9.91. The van der Waals surface area contributed by atoms with Crippen molar-refractivity contribution in [2.24, 2.45) is 0 Å². The minimum atomic E-state index is -0.672. The van der Waals surface area contributed by atoms with E-state index in [1.807, 2.05) is 11.9 Å². The van der Waals surface area contributed by atoms with Gasteiger partial charge in [-0.25, -0.2) is 4.39 Å². The third-order valence-corrected chi connectivity index (χ3v) is 4.03. The molecule has 1 aliphatic carbocycles. The van der Waals surface area contributed by atoms with E-state index in [2.05, 4.69) is 0 Å². The predicted molar refractivity (Wildman–Crippen MR) is 73.7 cm³/mol. The van der Waals surface area contributed by atoms with E-state index in [9.17, 15) is 14.6 Å². The average Bonchev–Trinajstić information content (AvgIpc) is 2.38. The van der Waals surface area contributed by atoms with Crippen LogP contribution in [0.15, 0.2) is 18.2 Å². The number of hydrogen-bond acceptors (Lipinski definition) is 3. The smallest absolute Gasteiger partial charge is 0.146 e. The number of nitrogens with zero attached hydrogens (tertiary/aromatic N) is 1. The first-order chi connectivity index (χ1) is 9.00. The van der Waals surface area contributed by atoms with Gasteiger partial charge >= 0.3 is 0 Å². The minimum absolute atomic E-state index is 0.0272. The number of rotatable bonds is 3. The molecule has 0 saturated heterocycles. The van der Waals surface area contributed by atoms with E-state index in [4.69, 9.17) is 0 Å². The zero-order chi connectivity index (χ0) is 14.0. The van der Waals surface area contributed by atoms with Crippen LogP contribution in [0, 0.1) is 5.82 Å². The van der Waals surface area contributed by atoms with Gasteiger partial charge in [-0.3, -0.25) is 0 Å². The number of likely N-dealkylation sites (N-methyl/N-ethyl adjacent to an activating group) is 1. The van der Waals surface area contributed by atoms with Gasteiger partial charge in [-0.15, -0.1) is 0 Å². The highest BCUT2D eigenvalue weighted by atomic mass is 19.1. The summed E-state index contributed by atoms with van der Waals surface area (Å²) in [7, 11) is 1.82. The maximum Gasteiger partial charge on any atom is 0.146 e. The Kier molecular flexibility index (Phi) is 4.42. The number of aliphatic hydroxyl groups is 2. The van der Waals surface area contributed by atoms with Crippen LogP contribution < -0.4 is 4.90 Å². The normalized spacial score (nSPS) is 25.1. The fourth-order valence-corrected chi connectivity index (χ4v) is 2.79. The van der Waals surface area contributed by atoms with Gasteiger partial charge in [0.25, 0.3) is 0 Å². The van der Waals surface area contributed by atoms with Crippen LogP contribution in [0.2, 0.25) is 0 Å². The summed E-state index contributed by atoms with van der Waals surface area (Å²) in [5.41, 5.74) is 1.05. The molecule has 1 fully saturated rings. The maximum absolute atomic E-state index is 14.1. The van der Waals surface area contributed by atoms with Gasteiger partial charge in [-0.1, -0.05) is 18.9 Å². The first-order valence-electron chi connectivity index (χ1n) is 6.89. The van der Waals surface area contributed by atoms with Crippen LogP contribution in [-0.4, -0.2) is 29.4 Å². The Morgan fingerprint density at radius 1 is 1.32 bits per heavy atom. The van der Waals surface area contributed by atoms with Gasteiger partial charge in [0.1, 0.15) is 5.82 Å². The van der Waals surface area contributed by atoms with Crippen molar-refractivity contribution in [3.8, 4) is 0 Å². The Labute approximate surface area is 113 Å². The molecular weight excluding hydrogens is 245 g/mol. The molecule has 2 rings (SSSR count). The van der Waals surface area contributed by atoms with Crippen LogP contribution in [0.4, 0.5) is 10.1 Å². The summed E-state index contributed by atoms with van der Waals surface area (Å²) < 4.78 is 14.1. The van der Waals surface area contributed by atoms with Crippen LogP contribution in [0.25, 0.3) is 0 Å². The van der Waals surface area contributed by atoms with E-state index in [1.54, 1.807) is 19.1 Å². The number of hydrogen-bond donors (Lipinski definition) is 2. The monoisotopic (exact) mass is 267 g/mol. The van der Waals surface area contributed by atoms with Crippen molar-refractivity contribution >= 4 is 5.69 Å². The Balaban J connectivity index is 2.21. The third-order valence-electron chi connectivity index (χ3n) is 4.03. The molecule has 2 unspecified atom stereocenters. The SMILES string of the molecule is C[C@H](O)c1ccc(N(C)C2CCCCC2O)c(F)c1. The molecular formula is C15H22FNO2. The summed E-state index contributed by atoms with van der Waals surface area (Å²) in [6.07, 6.45) is 2.70. The summed E-state index contributed by atoms with van der Waals surface area (Å²) in [6, 6.07) is 4.75. The molecule has 1 saturated carbocycles. The Morgan fingerprint density at radius 2 is 2.00 bits per heavy atom. The van der Waals surface area contributed by atoms with Crippen LogP contribution >= 0.6 is 0 Å². The quantitative estimate of drug-likeness (QED) is 0.884. The van der Waals surface area contributed by atoms with E-state index < -0.39 is 12.2 Å². The largest absolute Gasteiger partial charge is 0.391 e. The summed E-state index contributed by atoms with van der Waals surface area (Å²) >= 11 is 0. The van der Waals surface area contributed by atoms with E-state index >= 15 is 0 Å². The molecule has 0 radical (unpaired) electrons. The predicted octanol–water partition coefficient (Wildman–Crippen LogP) is 2.62. The molecule has 0 aromatic heterocycles. The van der Waals surface area contributed by atoms with Gasteiger partial charge in [0, 0.05) is 7.05 Å². The van der Waals surface area contributed by atoms with Gasteiger partial charge in [0.2, 0.25) is 0 Å². The lowest BCUT2D eigenvalue weighted by Crippen LogP contribution is -2.43. The van der Waals surface area contributed by atoms with Crippen LogP contribution in [0.3, 0.4) is 0 Å². The standard InChI is InChI=1S/C15H22FNO2/c1-10(18)11-7-8-13(12(16)9-11)17(2)14-5-3-4-6-15(14)19/h7-10,14-15,18-19H,3-6H2,1-2H3/t10-,14?,15?/m0/s1. The zero-order valence-electron chi connectivity index (χ0n) is 11.5. The second-order valence-electron chi connectivity index (χ2n) is 5.42. The molecule has 3 atom stereocenters. The average molecular weight is 267 g/mol. The molecule has 1 aromatic carbocycles. The summed E-state index contributed by atoms with van der Waals surface area (Å²) in [5, 5.41) is 19.5. The summed E-state index contributed by atoms with van der Waals surface area (Å²) in [5.74, 6) is -0.348. The van der Waals surface area contributed by atoms with Crippen molar-refractivity contribution in [1.82, 2.24) is 0 Å². The van der Waals surface area contributed by atoms with Crippen molar-refractivity contribution in [2.45, 2.75) is 50.9 Å². The summed E-state index contributed by atoms with van der Waals surface area (Å²) in [4.78, 5) is 1.82. The molecule has 0 amide bonds. The second-order valence-corrected chi connectivity index (χ2v) is 5.42. The van der Waals surface area contributed by atoms with Crippen LogP contribution in [-0.2, 0) is 0 Å². The van der Waals surface area contributed by atoms with Gasteiger partial charge in [0.15, 0.2) is 0 Å². The fourth-order valence-electron chi connectivity index (χ4n) is 2.79. The first-order valence-corrected chi connectivity index (χ1v) is 6.89. The third kappa shape index (κ3) is 3.07. The number of aliphatic hydroxyl groups excluding tert-OH is 2. The molecule has 2 N–H and O–H groups in total. The molecule has 1 aromatic rings. The van der Waals surface area contributed by atoms with Crippen molar-refractivity contribution in [3.63, 3.8) is 0 Å². The zero-order valence-corrected chi connectivity index (χ0v) is 11.5. The summed E-state index contributed by atoms with van der Waals surface area (Å²) in [6.45, 7) is 1.61. The lowest BCUT2D eigenvalue weighted by molar-refractivity contribution is 0.106. The van der Waals surface area contributed by atoms with Crippen molar-refractivity contribution < 1.29 is 14.6 Å². The number of halogens is 1. The fraction of sp³-hybridized carbons (Fsp3) is 0.600. The number of anilines is 1. The highest BCUT2D eigenvalue weighted by Gasteiger charge is 2.28. The second kappa shape index (κ2) is 5.88. The molecule has 4 heteroatoms. The van der Waals surface area contributed by atoms with Gasteiger partial charge in [-0.05, 0) is 37.5 Å². The van der Waals surface area contributed by atoms with Gasteiger partial charge < -0.3 is 15.1 Å². The van der Waals surface area contributed by atoms with Crippen LogP contribution in [0.5, 0.6) is 0 Å². The molecule has 19 heavy (non-hydrogen) atoms. The lowest BCUT2D eigenvalue weighted by Gasteiger charge is -2.36. The van der Waals surface area contributed by atoms with Gasteiger partial charge in [0.05, 0.1) is 23.9 Å². The Morgan fingerprint density at radius 3 is 2.58 bits per heavy atom. The van der Waals surface area contributed by atoms with Crippen molar-refractivity contribution in [2.75, 3.05) is 11.9 Å². The molecule has 0 aliphatic heterocycles. The molecule has 3 nitrogen and oxygen atoms in total. The highest BCUT2D eigenvalue weighted by molar-refractivity contribution is 5.50. The molecule has 0 bridgehead atoms. The van der Waals surface area contributed by atoms with Crippen molar-refractivity contribution in [1.29, 1.82) is 0 Å². The van der Waals surface area contributed by atoms with Crippen LogP contribution in [0.1, 0.15) is 44.3 Å². The van der Waals surface area contributed by atoms with Gasteiger partial charge in [-0.2, -0.15) is 0 Å². The Bertz CT molecular complexity index is 436. The van der Waals surface area contributed by atoms with Crippen molar-refractivity contribution in [3.05, 3.63) is 29.6 Å². The first kappa shape index (κ1) is 14.3. The van der Waals surface area contributed by atoms with E-state index in [-0.39, 0.29) is 11.9 Å². The van der Waals surface area contributed by atoms with E-state index in [0.717, 1.165) is 25.7 Å². The Hall–Kier alpha value is -1.13. The minimum Gasteiger partial charge on any atom is -0.391 e. The molecule has 0 spiro atoms. The highest BCUT2D eigenvalue weighted by Crippen LogP contribution is 2.29. The topological polar surface area (TPSA) is 43.7 Å². The molecule has 106 valence electrons. The molecule has 0 heterocycles. The maximum atomic E-state index is 14.1. The van der Waals surface area contributed by atoms with E-state index in [0.29, 0.717) is 11.3 Å². The van der Waals surface area contributed by atoms with E-state index in [1.165, 1.54) is 6.07 Å². The molecule has 1 aliphatic rings. The number of benzene rings is 1.